The number of nitrogens with two attached hydrogens (primary N) is 1. The lowest BCUT2D eigenvalue weighted by molar-refractivity contribution is -0.140. The van der Waals surface area contributed by atoms with Crippen LogP contribution in [0.5, 0.6) is 11.5 Å². The molecule has 0 spiro atoms. The smallest absolute Gasteiger partial charge is 0.243 e. The van der Waals surface area contributed by atoms with Crippen molar-refractivity contribution in [1.29, 1.82) is 5.41 Å². The first kappa shape index (κ1) is 29.3. The van der Waals surface area contributed by atoms with E-state index in [1.165, 1.54) is 11.3 Å². The molecule has 6 N–H and O–H groups in total. The van der Waals surface area contributed by atoms with Crippen LogP contribution in [0.1, 0.15) is 41.7 Å². The molecule has 2 aromatic carbocycles. The third-order valence-corrected chi connectivity index (χ3v) is 8.87. The van der Waals surface area contributed by atoms with Gasteiger partial charge in [0, 0.05) is 33.7 Å². The zero-order valence-corrected chi connectivity index (χ0v) is 24.0. The first-order valence-electron chi connectivity index (χ1n) is 14.0. The normalized spacial score (nSPS) is 20.5. The number of benzene rings is 2. The van der Waals surface area contributed by atoms with Crippen LogP contribution in [0.3, 0.4) is 0 Å². The second-order valence-corrected chi connectivity index (χ2v) is 11.9. The SMILES string of the molecule is N=C(N)c1csc(CNC(=O)[C@@H]2C[C@]3(CO)C[C@@H]3N2C(=O)CNC(=O)CCCc2ccc(Oc3ccccc3)cc2)c1. The molecule has 1 aliphatic carbocycles. The molecule has 3 aromatic rings. The zero-order valence-electron chi connectivity index (χ0n) is 23.2. The summed E-state index contributed by atoms with van der Waals surface area (Å²) in [6, 6.07) is 18.1. The molecule has 1 saturated heterocycles. The van der Waals surface area contributed by atoms with E-state index >= 15 is 0 Å². The number of amides is 3. The molecule has 11 heteroatoms. The molecule has 1 aliphatic heterocycles. The van der Waals surface area contributed by atoms with E-state index in [1.54, 1.807) is 16.3 Å². The van der Waals surface area contributed by atoms with Crippen molar-refractivity contribution in [2.45, 2.75) is 50.7 Å². The fourth-order valence-electron chi connectivity index (χ4n) is 5.50. The van der Waals surface area contributed by atoms with Crippen LogP contribution in [-0.4, -0.2) is 58.8 Å². The monoisotopic (exact) mass is 589 g/mol. The summed E-state index contributed by atoms with van der Waals surface area (Å²) in [5.41, 5.74) is 6.75. The van der Waals surface area contributed by atoms with Crippen molar-refractivity contribution in [2.75, 3.05) is 13.2 Å². The van der Waals surface area contributed by atoms with Gasteiger partial charge in [-0.25, -0.2) is 0 Å². The van der Waals surface area contributed by atoms with Gasteiger partial charge in [-0.2, -0.15) is 0 Å². The first-order valence-corrected chi connectivity index (χ1v) is 14.9. The van der Waals surface area contributed by atoms with Gasteiger partial charge in [-0.05, 0) is 61.6 Å². The number of amidine groups is 1. The second-order valence-electron chi connectivity index (χ2n) is 10.9. The third kappa shape index (κ3) is 6.80. The van der Waals surface area contributed by atoms with Crippen LogP contribution in [0.25, 0.3) is 0 Å². The Bertz CT molecular complexity index is 1440. The summed E-state index contributed by atoms with van der Waals surface area (Å²) in [4.78, 5) is 41.1. The first-order chi connectivity index (χ1) is 20.3. The van der Waals surface area contributed by atoms with Gasteiger partial charge in [0.2, 0.25) is 17.7 Å². The molecule has 2 heterocycles. The highest BCUT2D eigenvalue weighted by atomic mass is 32.1. The van der Waals surface area contributed by atoms with Crippen LogP contribution in [0.2, 0.25) is 0 Å². The molecule has 2 aliphatic rings. The summed E-state index contributed by atoms with van der Waals surface area (Å²) in [6.45, 7) is -0.0332. The molecular formula is C31H35N5O5S. The summed E-state index contributed by atoms with van der Waals surface area (Å²) in [7, 11) is 0. The predicted molar refractivity (Wildman–Crippen MR) is 159 cm³/mol. The molecular weight excluding hydrogens is 554 g/mol. The minimum atomic E-state index is -0.707. The number of fused-ring (bicyclic) bond motifs is 1. The number of nitrogens with zero attached hydrogens (tertiary/aromatic N) is 1. The number of nitrogens with one attached hydrogen (secondary N) is 3. The average molecular weight is 590 g/mol. The Morgan fingerprint density at radius 1 is 1.07 bits per heavy atom. The lowest BCUT2D eigenvalue weighted by atomic mass is 10.0. The van der Waals surface area contributed by atoms with Gasteiger partial charge in [-0.3, -0.25) is 19.8 Å². The van der Waals surface area contributed by atoms with Crippen LogP contribution in [0, 0.1) is 10.8 Å². The molecule has 220 valence electrons. The fourth-order valence-corrected chi connectivity index (χ4v) is 6.33. The Hall–Kier alpha value is -4.22. The number of aliphatic hydroxyl groups excluding tert-OH is 1. The Kier molecular flexibility index (Phi) is 8.89. The van der Waals surface area contributed by atoms with Crippen molar-refractivity contribution in [3.8, 4) is 11.5 Å². The Morgan fingerprint density at radius 2 is 1.81 bits per heavy atom. The molecule has 3 amide bonds. The molecule has 10 nitrogen and oxygen atoms in total. The number of carbonyl (C=O) groups excluding carboxylic acids is 3. The van der Waals surface area contributed by atoms with Crippen molar-refractivity contribution in [3.05, 3.63) is 82.0 Å². The topological polar surface area (TPSA) is 158 Å². The lowest BCUT2D eigenvalue weighted by Crippen LogP contribution is -2.50. The van der Waals surface area contributed by atoms with E-state index in [-0.39, 0.29) is 55.7 Å². The van der Waals surface area contributed by atoms with Gasteiger partial charge in [0.15, 0.2) is 0 Å². The third-order valence-electron chi connectivity index (χ3n) is 7.93. The quantitative estimate of drug-likeness (QED) is 0.152. The van der Waals surface area contributed by atoms with E-state index in [1.807, 2.05) is 54.6 Å². The number of aryl methyl sites for hydroxylation is 1. The number of hydrogen-bond donors (Lipinski definition) is 5. The maximum Gasteiger partial charge on any atom is 0.243 e. The summed E-state index contributed by atoms with van der Waals surface area (Å²) >= 11 is 1.39. The van der Waals surface area contributed by atoms with Gasteiger partial charge in [-0.1, -0.05) is 30.3 Å². The van der Waals surface area contributed by atoms with Crippen LogP contribution in [0.4, 0.5) is 0 Å². The maximum absolute atomic E-state index is 13.2. The minimum Gasteiger partial charge on any atom is -0.457 e. The summed E-state index contributed by atoms with van der Waals surface area (Å²) in [5.74, 6) is 0.619. The molecule has 3 atom stereocenters. The Balaban J connectivity index is 1.07. The van der Waals surface area contributed by atoms with Crippen molar-refractivity contribution >= 4 is 34.9 Å². The minimum absolute atomic E-state index is 0.0355. The summed E-state index contributed by atoms with van der Waals surface area (Å²) < 4.78 is 5.81. The number of rotatable bonds is 13. The maximum atomic E-state index is 13.2. The standard InChI is InChI=1S/C31H35N5O5S/c32-29(33)21-13-24(42-18-21)16-35-30(40)25-14-31(19-37)15-26(31)36(25)28(39)17-34-27(38)8-4-5-20-9-11-23(12-10-20)41-22-6-2-1-3-7-22/h1-3,6-7,9-13,18,25-26,37H,4-5,8,14-17,19H2,(H3,32,33)(H,34,38)(H,35,40)/t25-,26-,31+/m0/s1. The number of para-hydroxylation sites is 1. The van der Waals surface area contributed by atoms with Crippen molar-refractivity contribution in [1.82, 2.24) is 15.5 Å². The summed E-state index contributed by atoms with van der Waals surface area (Å²) in [6.07, 6.45) is 2.64. The van der Waals surface area contributed by atoms with Gasteiger partial charge in [-0.15, -0.1) is 11.3 Å². The number of hydrogen-bond acceptors (Lipinski definition) is 7. The fraction of sp³-hybridized carbons (Fsp3) is 0.355. The number of ether oxygens (including phenoxy) is 1. The van der Waals surface area contributed by atoms with Crippen LogP contribution in [0.15, 0.2) is 66.0 Å². The molecule has 0 unspecified atom stereocenters. The van der Waals surface area contributed by atoms with Gasteiger partial charge < -0.3 is 31.1 Å². The highest BCUT2D eigenvalue weighted by Crippen LogP contribution is 2.59. The van der Waals surface area contributed by atoms with E-state index in [0.29, 0.717) is 31.2 Å². The number of nitrogen functional groups attached to an aromatic ring is 1. The molecule has 2 fully saturated rings. The van der Waals surface area contributed by atoms with Crippen molar-refractivity contribution in [2.24, 2.45) is 11.1 Å². The van der Waals surface area contributed by atoms with Crippen LogP contribution < -0.4 is 21.1 Å². The zero-order chi connectivity index (χ0) is 29.7. The Labute approximate surface area is 248 Å². The molecule has 0 radical (unpaired) electrons. The molecule has 5 rings (SSSR count). The molecule has 1 saturated carbocycles. The highest BCUT2D eigenvalue weighted by Gasteiger charge is 2.66. The van der Waals surface area contributed by atoms with Crippen molar-refractivity contribution in [3.63, 3.8) is 0 Å². The number of carbonyl (C=O) groups is 3. The van der Waals surface area contributed by atoms with E-state index in [2.05, 4.69) is 10.6 Å². The molecule has 42 heavy (non-hydrogen) atoms. The van der Waals surface area contributed by atoms with Gasteiger partial charge >= 0.3 is 0 Å². The van der Waals surface area contributed by atoms with E-state index < -0.39 is 11.5 Å². The van der Waals surface area contributed by atoms with Crippen LogP contribution in [-0.2, 0) is 27.3 Å². The van der Waals surface area contributed by atoms with E-state index in [9.17, 15) is 19.5 Å². The number of piperidine rings is 1. The number of aliphatic hydroxyl groups is 1. The van der Waals surface area contributed by atoms with Gasteiger partial charge in [0.1, 0.15) is 23.4 Å². The molecule has 1 aromatic heterocycles. The van der Waals surface area contributed by atoms with E-state index in [4.69, 9.17) is 15.9 Å². The second kappa shape index (κ2) is 12.7. The summed E-state index contributed by atoms with van der Waals surface area (Å²) in [5, 5.41) is 24.8. The van der Waals surface area contributed by atoms with Gasteiger partial charge in [0.25, 0.3) is 0 Å². The Morgan fingerprint density at radius 3 is 2.50 bits per heavy atom. The predicted octanol–water partition coefficient (Wildman–Crippen LogP) is 2.93. The van der Waals surface area contributed by atoms with Gasteiger partial charge in [0.05, 0.1) is 19.7 Å². The lowest BCUT2D eigenvalue weighted by Gasteiger charge is -2.27. The average Bonchev–Trinajstić information content (AvgIpc) is 3.33. The van der Waals surface area contributed by atoms with Crippen LogP contribution >= 0.6 is 11.3 Å². The van der Waals surface area contributed by atoms with E-state index in [0.717, 1.165) is 21.9 Å². The number of thiophene rings is 1. The number of likely N-dealkylation sites (tertiary alicyclic amines) is 1. The van der Waals surface area contributed by atoms with Crippen molar-refractivity contribution < 1.29 is 24.2 Å². The largest absolute Gasteiger partial charge is 0.457 e. The molecule has 0 bridgehead atoms. The highest BCUT2D eigenvalue weighted by molar-refractivity contribution is 7.10.